The quantitative estimate of drug-likeness (QED) is 0.782. The highest BCUT2D eigenvalue weighted by molar-refractivity contribution is 5.56. The molecule has 0 radical (unpaired) electrons. The van der Waals surface area contributed by atoms with E-state index in [4.69, 9.17) is 4.74 Å². The maximum Gasteiger partial charge on any atom is 0.180 e. The number of aryl methyl sites for hydroxylation is 1. The van der Waals surface area contributed by atoms with Crippen LogP contribution in [0.2, 0.25) is 0 Å². The van der Waals surface area contributed by atoms with Crippen LogP contribution in [0.4, 0.5) is 0 Å². The second kappa shape index (κ2) is 5.97. The normalized spacial score (nSPS) is 11.0. The van der Waals surface area contributed by atoms with Crippen molar-refractivity contribution >= 4 is 5.65 Å². The van der Waals surface area contributed by atoms with Gasteiger partial charge in [0.2, 0.25) is 0 Å². The Kier molecular flexibility index (Phi) is 3.88. The molecule has 0 aliphatic heterocycles. The van der Waals surface area contributed by atoms with Crippen molar-refractivity contribution < 1.29 is 9.84 Å². The summed E-state index contributed by atoms with van der Waals surface area (Å²) < 4.78 is 7.80. The van der Waals surface area contributed by atoms with Crippen LogP contribution in [0.25, 0.3) is 5.65 Å². The molecule has 21 heavy (non-hydrogen) atoms. The summed E-state index contributed by atoms with van der Waals surface area (Å²) in [5, 5.41) is 9.53. The highest BCUT2D eigenvalue weighted by Gasteiger charge is 2.13. The topological polar surface area (TPSA) is 46.8 Å². The molecular weight excluding hydrogens is 264 g/mol. The van der Waals surface area contributed by atoms with E-state index in [1.165, 1.54) is 0 Å². The van der Waals surface area contributed by atoms with Gasteiger partial charge in [0.05, 0.1) is 18.0 Å². The van der Waals surface area contributed by atoms with Gasteiger partial charge < -0.3 is 9.84 Å². The Balaban J connectivity index is 1.94. The van der Waals surface area contributed by atoms with E-state index in [9.17, 15) is 5.11 Å². The largest absolute Gasteiger partial charge is 0.485 e. The molecule has 3 rings (SSSR count). The first kappa shape index (κ1) is 13.6. The van der Waals surface area contributed by atoms with Gasteiger partial charge in [-0.05, 0) is 24.1 Å². The van der Waals surface area contributed by atoms with Crippen molar-refractivity contribution in [2.75, 3.05) is 0 Å². The summed E-state index contributed by atoms with van der Waals surface area (Å²) in [5.74, 6) is 0.732. The Morgan fingerprint density at radius 3 is 2.67 bits per heavy atom. The highest BCUT2D eigenvalue weighted by atomic mass is 16.5. The minimum Gasteiger partial charge on any atom is -0.485 e. The van der Waals surface area contributed by atoms with Gasteiger partial charge in [-0.25, -0.2) is 4.98 Å². The van der Waals surface area contributed by atoms with E-state index in [1.807, 2.05) is 60.0 Å². The van der Waals surface area contributed by atoms with Crippen molar-refractivity contribution in [3.63, 3.8) is 0 Å². The van der Waals surface area contributed by atoms with E-state index in [1.54, 1.807) is 0 Å². The number of ether oxygens (including phenoxy) is 1. The SMILES string of the molecule is CCc1nc2c(OCc3ccccc3)cccn2c1CO. The molecule has 0 aliphatic rings. The van der Waals surface area contributed by atoms with Gasteiger partial charge in [-0.1, -0.05) is 37.3 Å². The maximum atomic E-state index is 9.53. The van der Waals surface area contributed by atoms with Gasteiger partial charge in [0, 0.05) is 6.20 Å². The molecule has 0 unspecified atom stereocenters. The fourth-order valence-corrected chi connectivity index (χ4v) is 2.44. The van der Waals surface area contributed by atoms with Crippen LogP contribution in [0.1, 0.15) is 23.9 Å². The van der Waals surface area contributed by atoms with Gasteiger partial charge in [0.1, 0.15) is 6.61 Å². The molecule has 0 fully saturated rings. The molecule has 2 heterocycles. The first-order valence-corrected chi connectivity index (χ1v) is 7.10. The van der Waals surface area contributed by atoms with Crippen LogP contribution in [0.3, 0.4) is 0 Å². The molecule has 0 bridgehead atoms. The number of pyridine rings is 1. The third-order valence-corrected chi connectivity index (χ3v) is 3.52. The molecule has 4 heteroatoms. The first-order valence-electron chi connectivity index (χ1n) is 7.10. The molecule has 0 saturated carbocycles. The lowest BCUT2D eigenvalue weighted by molar-refractivity contribution is 0.274. The average molecular weight is 282 g/mol. The Morgan fingerprint density at radius 2 is 1.95 bits per heavy atom. The van der Waals surface area contributed by atoms with Crippen molar-refractivity contribution in [1.82, 2.24) is 9.38 Å². The third-order valence-electron chi connectivity index (χ3n) is 3.52. The highest BCUT2D eigenvalue weighted by Crippen LogP contribution is 2.23. The lowest BCUT2D eigenvalue weighted by Crippen LogP contribution is -1.99. The standard InChI is InChI=1S/C17H18N2O2/c1-2-14-15(11-20)19-10-6-9-16(17(19)18-14)21-12-13-7-4-3-5-8-13/h3-10,20H,2,11-12H2,1H3. The molecule has 0 aliphatic carbocycles. The number of aliphatic hydroxyl groups is 1. The number of hydrogen-bond acceptors (Lipinski definition) is 3. The molecular formula is C17H18N2O2. The summed E-state index contributed by atoms with van der Waals surface area (Å²) in [4.78, 5) is 4.59. The molecule has 1 aromatic carbocycles. The van der Waals surface area contributed by atoms with Gasteiger partial charge in [-0.2, -0.15) is 0 Å². The predicted molar refractivity (Wildman–Crippen MR) is 81.3 cm³/mol. The molecule has 2 aromatic heterocycles. The van der Waals surface area contributed by atoms with E-state index in [0.29, 0.717) is 6.61 Å². The third kappa shape index (κ3) is 2.62. The molecule has 0 spiro atoms. The zero-order valence-corrected chi connectivity index (χ0v) is 12.0. The van der Waals surface area contributed by atoms with Crippen LogP contribution in [-0.2, 0) is 19.6 Å². The molecule has 108 valence electrons. The molecule has 1 N–H and O–H groups in total. The summed E-state index contributed by atoms with van der Waals surface area (Å²) >= 11 is 0. The van der Waals surface area contributed by atoms with E-state index in [2.05, 4.69) is 4.98 Å². The van der Waals surface area contributed by atoms with Gasteiger partial charge in [0.25, 0.3) is 0 Å². The molecule has 4 nitrogen and oxygen atoms in total. The second-order valence-electron chi connectivity index (χ2n) is 4.86. The first-order chi connectivity index (χ1) is 10.3. The van der Waals surface area contributed by atoms with Crippen LogP contribution >= 0.6 is 0 Å². The number of imidazole rings is 1. The number of hydrogen-bond donors (Lipinski definition) is 1. The number of fused-ring (bicyclic) bond motifs is 1. The second-order valence-corrected chi connectivity index (χ2v) is 4.86. The summed E-state index contributed by atoms with van der Waals surface area (Å²) in [5.41, 5.74) is 3.62. The van der Waals surface area contributed by atoms with Crippen LogP contribution in [0, 0.1) is 0 Å². The molecule has 0 atom stereocenters. The fraction of sp³-hybridized carbons (Fsp3) is 0.235. The van der Waals surface area contributed by atoms with Crippen LogP contribution < -0.4 is 4.74 Å². The summed E-state index contributed by atoms with van der Waals surface area (Å²) in [6.07, 6.45) is 2.69. The van der Waals surface area contributed by atoms with Gasteiger partial charge in [0.15, 0.2) is 11.4 Å². The summed E-state index contributed by atoms with van der Waals surface area (Å²) in [6.45, 7) is 2.52. The lowest BCUT2D eigenvalue weighted by Gasteiger charge is -2.07. The summed E-state index contributed by atoms with van der Waals surface area (Å²) in [7, 11) is 0. The monoisotopic (exact) mass is 282 g/mol. The van der Waals surface area contributed by atoms with Crippen LogP contribution in [-0.4, -0.2) is 14.5 Å². The Hall–Kier alpha value is -2.33. The Labute approximate surface area is 123 Å². The van der Waals surface area contributed by atoms with E-state index in [0.717, 1.165) is 34.8 Å². The Bertz CT molecular complexity index is 735. The predicted octanol–water partition coefficient (Wildman–Crippen LogP) is 2.97. The fourth-order valence-electron chi connectivity index (χ4n) is 2.44. The number of aliphatic hydroxyl groups excluding tert-OH is 1. The maximum absolute atomic E-state index is 9.53. The van der Waals surface area contributed by atoms with Gasteiger partial charge >= 0.3 is 0 Å². The van der Waals surface area contributed by atoms with Crippen LogP contribution in [0.15, 0.2) is 48.7 Å². The Morgan fingerprint density at radius 1 is 1.14 bits per heavy atom. The van der Waals surface area contributed by atoms with E-state index >= 15 is 0 Å². The number of nitrogens with zero attached hydrogens (tertiary/aromatic N) is 2. The van der Waals surface area contributed by atoms with Gasteiger partial charge in [-0.15, -0.1) is 0 Å². The molecule has 0 saturated heterocycles. The minimum atomic E-state index is -0.0214. The molecule has 3 aromatic rings. The van der Waals surface area contributed by atoms with Gasteiger partial charge in [-0.3, -0.25) is 4.40 Å². The number of rotatable bonds is 5. The van der Waals surface area contributed by atoms with Crippen molar-refractivity contribution in [3.05, 3.63) is 65.6 Å². The summed E-state index contributed by atoms with van der Waals surface area (Å²) in [6, 6.07) is 13.9. The average Bonchev–Trinajstić information content (AvgIpc) is 2.92. The van der Waals surface area contributed by atoms with E-state index in [-0.39, 0.29) is 6.61 Å². The molecule has 0 amide bonds. The van der Waals surface area contributed by atoms with Crippen molar-refractivity contribution in [3.8, 4) is 5.75 Å². The van der Waals surface area contributed by atoms with Crippen molar-refractivity contribution in [2.24, 2.45) is 0 Å². The smallest absolute Gasteiger partial charge is 0.180 e. The zero-order chi connectivity index (χ0) is 14.7. The zero-order valence-electron chi connectivity index (χ0n) is 12.0. The van der Waals surface area contributed by atoms with E-state index < -0.39 is 0 Å². The van der Waals surface area contributed by atoms with Crippen molar-refractivity contribution in [2.45, 2.75) is 26.6 Å². The number of aromatic nitrogens is 2. The number of benzene rings is 1. The van der Waals surface area contributed by atoms with Crippen molar-refractivity contribution in [1.29, 1.82) is 0 Å². The lowest BCUT2D eigenvalue weighted by atomic mass is 10.2. The minimum absolute atomic E-state index is 0.0214. The van der Waals surface area contributed by atoms with Crippen LogP contribution in [0.5, 0.6) is 5.75 Å².